The highest BCUT2D eigenvalue weighted by molar-refractivity contribution is 7.89. The molecule has 0 aliphatic rings. The molecular formula is C16H18N4O4S. The van der Waals surface area contributed by atoms with Crippen molar-refractivity contribution in [2.75, 3.05) is 6.54 Å². The number of nitrogens with zero attached hydrogens (tertiary/aromatic N) is 3. The van der Waals surface area contributed by atoms with Crippen LogP contribution in [0.3, 0.4) is 0 Å². The van der Waals surface area contributed by atoms with Crippen LogP contribution in [0.25, 0.3) is 11.4 Å². The highest BCUT2D eigenvalue weighted by Gasteiger charge is 2.24. The first-order valence-corrected chi connectivity index (χ1v) is 9.18. The SMILES string of the molecule is Cc1ccccc1-c1noc(CCNS(=O)(=O)c2c(C)noc2C)n1. The smallest absolute Gasteiger partial charge is 0.245 e. The maximum atomic E-state index is 12.3. The molecule has 2 heterocycles. The van der Waals surface area contributed by atoms with Crippen molar-refractivity contribution < 1.29 is 17.5 Å². The predicted octanol–water partition coefficient (Wildman–Crippen LogP) is 2.17. The molecule has 1 N–H and O–H groups in total. The predicted molar refractivity (Wildman–Crippen MR) is 89.3 cm³/mol. The number of aryl methyl sites for hydroxylation is 3. The molecule has 0 aliphatic carbocycles. The monoisotopic (exact) mass is 362 g/mol. The summed E-state index contributed by atoms with van der Waals surface area (Å²) in [6, 6.07) is 7.70. The van der Waals surface area contributed by atoms with Gasteiger partial charge in [0.2, 0.25) is 21.7 Å². The van der Waals surface area contributed by atoms with Crippen LogP contribution in [0.2, 0.25) is 0 Å². The van der Waals surface area contributed by atoms with Crippen molar-refractivity contribution in [3.63, 3.8) is 0 Å². The first-order valence-electron chi connectivity index (χ1n) is 7.69. The largest absolute Gasteiger partial charge is 0.360 e. The van der Waals surface area contributed by atoms with E-state index in [-0.39, 0.29) is 23.6 Å². The Hall–Kier alpha value is -2.52. The third-order valence-corrected chi connectivity index (χ3v) is 5.43. The Kier molecular flexibility index (Phi) is 4.69. The van der Waals surface area contributed by atoms with Crippen LogP contribution in [0.1, 0.15) is 22.9 Å². The third kappa shape index (κ3) is 3.62. The molecule has 2 aromatic heterocycles. The molecule has 9 heteroatoms. The molecule has 0 spiro atoms. The maximum Gasteiger partial charge on any atom is 0.245 e. The van der Waals surface area contributed by atoms with E-state index in [4.69, 9.17) is 9.05 Å². The number of aromatic nitrogens is 3. The second-order valence-corrected chi connectivity index (χ2v) is 7.33. The van der Waals surface area contributed by atoms with E-state index in [2.05, 4.69) is 20.0 Å². The maximum absolute atomic E-state index is 12.3. The van der Waals surface area contributed by atoms with E-state index in [1.807, 2.05) is 31.2 Å². The minimum Gasteiger partial charge on any atom is -0.360 e. The Morgan fingerprint density at radius 1 is 1.08 bits per heavy atom. The van der Waals surface area contributed by atoms with Crippen molar-refractivity contribution in [3.8, 4) is 11.4 Å². The van der Waals surface area contributed by atoms with E-state index in [1.165, 1.54) is 0 Å². The fraction of sp³-hybridized carbons (Fsp3) is 0.312. The quantitative estimate of drug-likeness (QED) is 0.715. The molecule has 132 valence electrons. The molecule has 0 fully saturated rings. The van der Waals surface area contributed by atoms with Crippen molar-refractivity contribution in [1.82, 2.24) is 20.0 Å². The molecule has 25 heavy (non-hydrogen) atoms. The molecule has 0 saturated heterocycles. The Morgan fingerprint density at radius 2 is 1.84 bits per heavy atom. The van der Waals surface area contributed by atoms with Gasteiger partial charge < -0.3 is 9.05 Å². The van der Waals surface area contributed by atoms with E-state index in [0.29, 0.717) is 17.4 Å². The molecule has 3 rings (SSSR count). The minimum absolute atomic E-state index is 0.0682. The normalized spacial score (nSPS) is 11.8. The average molecular weight is 362 g/mol. The van der Waals surface area contributed by atoms with Gasteiger partial charge in [0, 0.05) is 18.5 Å². The Morgan fingerprint density at radius 3 is 2.52 bits per heavy atom. The standard InChI is InChI=1S/C16H18N4O4S/c1-10-6-4-5-7-13(10)16-18-14(24-20-16)8-9-17-25(21,22)15-11(2)19-23-12(15)3/h4-7,17H,8-9H2,1-3H3. The zero-order valence-electron chi connectivity index (χ0n) is 14.1. The highest BCUT2D eigenvalue weighted by Crippen LogP contribution is 2.20. The summed E-state index contributed by atoms with van der Waals surface area (Å²) < 4.78 is 37.2. The summed E-state index contributed by atoms with van der Waals surface area (Å²) in [4.78, 5) is 4.38. The molecular weight excluding hydrogens is 344 g/mol. The van der Waals surface area contributed by atoms with E-state index in [9.17, 15) is 8.42 Å². The minimum atomic E-state index is -3.70. The van der Waals surface area contributed by atoms with Gasteiger partial charge in [-0.05, 0) is 26.3 Å². The number of hydrogen-bond acceptors (Lipinski definition) is 7. The van der Waals surface area contributed by atoms with Crippen molar-refractivity contribution in [2.45, 2.75) is 32.1 Å². The summed E-state index contributed by atoms with van der Waals surface area (Å²) in [5.41, 5.74) is 2.24. The summed E-state index contributed by atoms with van der Waals surface area (Å²) in [7, 11) is -3.70. The van der Waals surface area contributed by atoms with Crippen LogP contribution in [-0.2, 0) is 16.4 Å². The molecule has 0 amide bonds. The first kappa shape index (κ1) is 17.3. The molecule has 0 aliphatic heterocycles. The lowest BCUT2D eigenvalue weighted by molar-refractivity contribution is 0.379. The lowest BCUT2D eigenvalue weighted by Crippen LogP contribution is -2.26. The molecule has 1 aromatic carbocycles. The van der Waals surface area contributed by atoms with Gasteiger partial charge in [-0.25, -0.2) is 13.1 Å². The van der Waals surface area contributed by atoms with Gasteiger partial charge in [-0.1, -0.05) is 34.6 Å². The highest BCUT2D eigenvalue weighted by atomic mass is 32.2. The van der Waals surface area contributed by atoms with Crippen molar-refractivity contribution in [3.05, 3.63) is 47.2 Å². The lowest BCUT2D eigenvalue weighted by Gasteiger charge is -2.04. The second-order valence-electron chi connectivity index (χ2n) is 5.63. The van der Waals surface area contributed by atoms with Gasteiger partial charge in [0.25, 0.3) is 0 Å². The van der Waals surface area contributed by atoms with E-state index < -0.39 is 10.0 Å². The van der Waals surface area contributed by atoms with E-state index >= 15 is 0 Å². The van der Waals surface area contributed by atoms with Crippen molar-refractivity contribution in [1.29, 1.82) is 0 Å². The van der Waals surface area contributed by atoms with Crippen LogP contribution in [0.5, 0.6) is 0 Å². The van der Waals surface area contributed by atoms with Crippen molar-refractivity contribution >= 4 is 10.0 Å². The number of hydrogen-bond donors (Lipinski definition) is 1. The molecule has 0 atom stereocenters. The second kappa shape index (κ2) is 6.77. The topological polar surface area (TPSA) is 111 Å². The lowest BCUT2D eigenvalue weighted by atomic mass is 10.1. The number of sulfonamides is 1. The van der Waals surface area contributed by atoms with Crippen LogP contribution >= 0.6 is 0 Å². The Labute approximate surface area is 145 Å². The Balaban J connectivity index is 1.66. The number of nitrogens with one attached hydrogen (secondary N) is 1. The van der Waals surface area contributed by atoms with Gasteiger partial charge in [0.05, 0.1) is 0 Å². The van der Waals surface area contributed by atoms with Crippen LogP contribution in [-0.4, -0.2) is 30.3 Å². The third-order valence-electron chi connectivity index (χ3n) is 3.72. The number of rotatable bonds is 6. The van der Waals surface area contributed by atoms with Gasteiger partial charge in [-0.2, -0.15) is 4.98 Å². The summed E-state index contributed by atoms with van der Waals surface area (Å²) in [5, 5.41) is 7.61. The molecule has 0 radical (unpaired) electrons. The van der Waals surface area contributed by atoms with E-state index in [0.717, 1.165) is 11.1 Å². The summed E-state index contributed by atoms with van der Waals surface area (Å²) in [6.07, 6.45) is 0.279. The van der Waals surface area contributed by atoms with Crippen LogP contribution in [0.4, 0.5) is 0 Å². The zero-order valence-corrected chi connectivity index (χ0v) is 14.9. The molecule has 3 aromatic rings. The molecule has 8 nitrogen and oxygen atoms in total. The van der Waals surface area contributed by atoms with Crippen LogP contribution in [0.15, 0.2) is 38.2 Å². The van der Waals surface area contributed by atoms with Gasteiger partial charge in [0.15, 0.2) is 5.76 Å². The number of benzene rings is 1. The molecule has 0 bridgehead atoms. The van der Waals surface area contributed by atoms with E-state index in [1.54, 1.807) is 13.8 Å². The van der Waals surface area contributed by atoms with Gasteiger partial charge in [0.1, 0.15) is 10.6 Å². The average Bonchev–Trinajstić information content (AvgIpc) is 3.15. The summed E-state index contributed by atoms with van der Waals surface area (Å²) in [6.45, 7) is 5.23. The summed E-state index contributed by atoms with van der Waals surface area (Å²) in [5.74, 6) is 1.10. The Bertz CT molecular complexity index is 972. The fourth-order valence-electron chi connectivity index (χ4n) is 2.51. The van der Waals surface area contributed by atoms with Crippen LogP contribution in [0, 0.1) is 20.8 Å². The molecule has 0 unspecified atom stereocenters. The van der Waals surface area contributed by atoms with Crippen molar-refractivity contribution in [2.24, 2.45) is 0 Å². The zero-order chi connectivity index (χ0) is 18.0. The first-order chi connectivity index (χ1) is 11.9. The van der Waals surface area contributed by atoms with Gasteiger partial charge >= 0.3 is 0 Å². The summed E-state index contributed by atoms with van der Waals surface area (Å²) >= 11 is 0. The van der Waals surface area contributed by atoms with Gasteiger partial charge in [-0.15, -0.1) is 0 Å². The molecule has 0 saturated carbocycles. The van der Waals surface area contributed by atoms with Crippen LogP contribution < -0.4 is 4.72 Å². The van der Waals surface area contributed by atoms with Gasteiger partial charge in [-0.3, -0.25) is 0 Å². The fourth-order valence-corrected chi connectivity index (χ4v) is 3.87.